The van der Waals surface area contributed by atoms with E-state index in [2.05, 4.69) is 10.6 Å². The minimum absolute atomic E-state index is 0. The van der Waals surface area contributed by atoms with E-state index in [0.29, 0.717) is 31.2 Å². The van der Waals surface area contributed by atoms with Crippen LogP contribution in [0.4, 0.5) is 5.69 Å². The van der Waals surface area contributed by atoms with E-state index in [-0.39, 0.29) is 31.0 Å². The molecule has 1 amide bonds. The summed E-state index contributed by atoms with van der Waals surface area (Å²) in [5.74, 6) is 0.572. The van der Waals surface area contributed by atoms with Crippen molar-refractivity contribution < 1.29 is 19.0 Å². The quantitative estimate of drug-likeness (QED) is 0.706. The van der Waals surface area contributed by atoms with Crippen LogP contribution in [0, 0.1) is 0 Å². The monoisotopic (exact) mass is 330 g/mol. The second-order valence-corrected chi connectivity index (χ2v) is 4.82. The van der Waals surface area contributed by atoms with Crippen molar-refractivity contribution in [3.05, 3.63) is 24.3 Å². The van der Waals surface area contributed by atoms with E-state index in [1.165, 1.54) is 0 Å². The van der Waals surface area contributed by atoms with Crippen molar-refractivity contribution in [3.8, 4) is 5.75 Å². The Hall–Kier alpha value is -1.34. The van der Waals surface area contributed by atoms with Crippen molar-refractivity contribution in [1.82, 2.24) is 5.32 Å². The van der Waals surface area contributed by atoms with Gasteiger partial charge in [-0.15, -0.1) is 12.4 Å². The normalized spacial score (nSPS) is 16.9. The maximum absolute atomic E-state index is 11.9. The number of nitrogens with one attached hydrogen (secondary N) is 2. The molecule has 0 saturated carbocycles. The van der Waals surface area contributed by atoms with E-state index >= 15 is 0 Å². The molecule has 1 aliphatic heterocycles. The lowest BCUT2D eigenvalue weighted by molar-refractivity contribution is -0.115. The Morgan fingerprint density at radius 1 is 1.41 bits per heavy atom. The van der Waals surface area contributed by atoms with E-state index in [0.717, 1.165) is 13.0 Å². The van der Waals surface area contributed by atoms with Gasteiger partial charge in [-0.05, 0) is 12.1 Å². The summed E-state index contributed by atoms with van der Waals surface area (Å²) < 4.78 is 16.1. The highest BCUT2D eigenvalue weighted by Crippen LogP contribution is 2.26. The topological polar surface area (TPSA) is 68.8 Å². The van der Waals surface area contributed by atoms with Crippen molar-refractivity contribution in [1.29, 1.82) is 0 Å². The van der Waals surface area contributed by atoms with Gasteiger partial charge in [0.15, 0.2) is 0 Å². The first-order valence-electron chi connectivity index (χ1n) is 7.12. The molecule has 1 aliphatic rings. The van der Waals surface area contributed by atoms with Gasteiger partial charge in [-0.1, -0.05) is 12.1 Å². The second-order valence-electron chi connectivity index (χ2n) is 4.82. The highest BCUT2D eigenvalue weighted by atomic mass is 35.5. The van der Waals surface area contributed by atoms with Crippen LogP contribution in [0.15, 0.2) is 24.3 Å². The number of carbonyl (C=O) groups excluding carboxylic acids is 1. The smallest absolute Gasteiger partial charge is 0.238 e. The van der Waals surface area contributed by atoms with Gasteiger partial charge in [0, 0.05) is 20.1 Å². The van der Waals surface area contributed by atoms with Crippen LogP contribution in [0.3, 0.4) is 0 Å². The maximum atomic E-state index is 11.9. The van der Waals surface area contributed by atoms with Crippen molar-refractivity contribution >= 4 is 24.0 Å². The number of hydrogen-bond acceptors (Lipinski definition) is 5. The predicted octanol–water partition coefficient (Wildman–Crippen LogP) is 1.45. The molecule has 0 spiro atoms. The molecule has 1 saturated heterocycles. The van der Waals surface area contributed by atoms with Crippen LogP contribution in [0.25, 0.3) is 0 Å². The molecule has 1 aromatic rings. The molecule has 1 fully saturated rings. The molecule has 1 unspecified atom stereocenters. The number of ether oxygens (including phenoxy) is 3. The molecular weight excluding hydrogens is 308 g/mol. The van der Waals surface area contributed by atoms with Crippen LogP contribution in [0.5, 0.6) is 5.75 Å². The number of anilines is 1. The fourth-order valence-electron chi connectivity index (χ4n) is 2.03. The number of methoxy groups -OCH3 is 1. The summed E-state index contributed by atoms with van der Waals surface area (Å²) >= 11 is 0. The van der Waals surface area contributed by atoms with Crippen molar-refractivity contribution in [2.45, 2.75) is 12.5 Å². The van der Waals surface area contributed by atoms with E-state index in [9.17, 15) is 4.79 Å². The summed E-state index contributed by atoms with van der Waals surface area (Å²) in [6.45, 7) is 2.78. The van der Waals surface area contributed by atoms with Crippen LogP contribution in [0.2, 0.25) is 0 Å². The van der Waals surface area contributed by atoms with Gasteiger partial charge >= 0.3 is 0 Å². The van der Waals surface area contributed by atoms with Gasteiger partial charge in [0.05, 0.1) is 32.1 Å². The van der Waals surface area contributed by atoms with E-state index in [1.54, 1.807) is 7.11 Å². The average molecular weight is 331 g/mol. The summed E-state index contributed by atoms with van der Waals surface area (Å²) in [4.78, 5) is 11.9. The summed E-state index contributed by atoms with van der Waals surface area (Å²) in [6.07, 6.45) is 0.934. The van der Waals surface area contributed by atoms with Crippen LogP contribution in [0.1, 0.15) is 6.42 Å². The number of rotatable bonds is 8. The first-order chi connectivity index (χ1) is 10.3. The lowest BCUT2D eigenvalue weighted by atomic mass is 10.2. The number of carbonyl (C=O) groups is 1. The molecule has 6 nitrogen and oxygen atoms in total. The fraction of sp³-hybridized carbons (Fsp3) is 0.533. The van der Waals surface area contributed by atoms with Gasteiger partial charge in [-0.3, -0.25) is 4.79 Å². The van der Waals surface area contributed by atoms with Crippen molar-refractivity contribution in [3.63, 3.8) is 0 Å². The van der Waals surface area contributed by atoms with E-state index in [4.69, 9.17) is 14.2 Å². The number of hydrogen-bond donors (Lipinski definition) is 2. The summed E-state index contributed by atoms with van der Waals surface area (Å²) in [6, 6.07) is 7.44. The van der Waals surface area contributed by atoms with E-state index < -0.39 is 0 Å². The first-order valence-corrected chi connectivity index (χ1v) is 7.12. The number of para-hydroxylation sites is 2. The predicted molar refractivity (Wildman–Crippen MR) is 86.9 cm³/mol. The fourth-order valence-corrected chi connectivity index (χ4v) is 2.03. The van der Waals surface area contributed by atoms with Crippen LogP contribution < -0.4 is 15.4 Å². The Morgan fingerprint density at radius 2 is 2.23 bits per heavy atom. The van der Waals surface area contributed by atoms with Crippen LogP contribution in [-0.4, -0.2) is 52.0 Å². The Bertz CT molecular complexity index is 453. The summed E-state index contributed by atoms with van der Waals surface area (Å²) in [5.41, 5.74) is 0.683. The molecular formula is C15H23ClN2O4. The Kier molecular flexibility index (Phi) is 8.84. The van der Waals surface area contributed by atoms with Crippen molar-refractivity contribution in [2.24, 2.45) is 0 Å². The third kappa shape index (κ3) is 6.19. The summed E-state index contributed by atoms with van der Waals surface area (Å²) in [5, 5.41) is 5.85. The molecule has 1 atom stereocenters. The van der Waals surface area contributed by atoms with Crippen LogP contribution >= 0.6 is 12.4 Å². The molecule has 2 N–H and O–H groups in total. The van der Waals surface area contributed by atoms with Gasteiger partial charge in [0.2, 0.25) is 5.91 Å². The lowest BCUT2D eigenvalue weighted by Crippen LogP contribution is -2.30. The van der Waals surface area contributed by atoms with Crippen molar-refractivity contribution in [2.75, 3.05) is 45.3 Å². The molecule has 22 heavy (non-hydrogen) atoms. The standard InChI is InChI=1S/C15H22N2O4.ClH/c1-19-9-7-16-10-15(18)17-13-4-2-3-5-14(13)21-12-6-8-20-11-12;/h2-5,12,16H,6-11H2,1H3,(H,17,18);1H. The van der Waals surface area contributed by atoms with Gasteiger partial charge in [-0.25, -0.2) is 0 Å². The molecule has 0 aliphatic carbocycles. The first kappa shape index (κ1) is 18.7. The Labute approximate surface area is 136 Å². The number of amides is 1. The highest BCUT2D eigenvalue weighted by Gasteiger charge is 2.18. The van der Waals surface area contributed by atoms with Gasteiger partial charge < -0.3 is 24.8 Å². The Morgan fingerprint density at radius 3 is 2.95 bits per heavy atom. The van der Waals surface area contributed by atoms with Crippen LogP contribution in [-0.2, 0) is 14.3 Å². The van der Waals surface area contributed by atoms with E-state index in [1.807, 2.05) is 24.3 Å². The molecule has 0 bridgehead atoms. The van der Waals surface area contributed by atoms with Gasteiger partial charge in [0.25, 0.3) is 0 Å². The molecule has 124 valence electrons. The number of benzene rings is 1. The van der Waals surface area contributed by atoms with Gasteiger partial charge in [-0.2, -0.15) is 0 Å². The lowest BCUT2D eigenvalue weighted by Gasteiger charge is -2.16. The largest absolute Gasteiger partial charge is 0.486 e. The zero-order valence-corrected chi connectivity index (χ0v) is 13.5. The Balaban J connectivity index is 0.00000242. The minimum Gasteiger partial charge on any atom is -0.486 e. The SMILES string of the molecule is COCCNCC(=O)Nc1ccccc1OC1CCOC1.Cl. The summed E-state index contributed by atoms with van der Waals surface area (Å²) in [7, 11) is 1.63. The molecule has 0 aromatic heterocycles. The minimum atomic E-state index is -0.107. The molecule has 1 heterocycles. The van der Waals surface area contributed by atoms with Gasteiger partial charge in [0.1, 0.15) is 11.9 Å². The third-order valence-electron chi connectivity index (χ3n) is 3.11. The third-order valence-corrected chi connectivity index (χ3v) is 3.11. The highest BCUT2D eigenvalue weighted by molar-refractivity contribution is 5.93. The zero-order chi connectivity index (χ0) is 14.9. The second kappa shape index (κ2) is 10.4. The molecule has 7 heteroatoms. The average Bonchev–Trinajstić information content (AvgIpc) is 2.99. The zero-order valence-electron chi connectivity index (χ0n) is 12.7. The molecule has 2 rings (SSSR count). The molecule has 1 aromatic carbocycles. The number of halogens is 1. The molecule has 0 radical (unpaired) electrons. The maximum Gasteiger partial charge on any atom is 0.238 e.